The Hall–Kier alpha value is -2.02. The zero-order valence-electron chi connectivity index (χ0n) is 13.9. The molecule has 1 aromatic heterocycles. The van der Waals surface area contributed by atoms with E-state index in [1.165, 1.54) is 6.33 Å². The van der Waals surface area contributed by atoms with Crippen LogP contribution >= 0.6 is 0 Å². The van der Waals surface area contributed by atoms with Crippen molar-refractivity contribution in [1.82, 2.24) is 24.7 Å². The zero-order valence-corrected chi connectivity index (χ0v) is 13.9. The summed E-state index contributed by atoms with van der Waals surface area (Å²) in [7, 11) is 0. The Balaban J connectivity index is 1.90. The van der Waals surface area contributed by atoms with Crippen molar-refractivity contribution < 1.29 is 9.59 Å². The summed E-state index contributed by atoms with van der Waals surface area (Å²) in [6, 6.07) is 0. The lowest BCUT2D eigenvalue weighted by Crippen LogP contribution is -2.42. The molecule has 0 aromatic carbocycles. The predicted molar refractivity (Wildman–Crippen MR) is 86.9 cm³/mol. The maximum Gasteiger partial charge on any atom is 0.257 e. The third-order valence-corrected chi connectivity index (χ3v) is 4.16. The first-order chi connectivity index (χ1) is 11.2. The normalized spacial score (nSPS) is 16.0. The van der Waals surface area contributed by atoms with E-state index in [-0.39, 0.29) is 11.8 Å². The molecule has 0 spiro atoms. The van der Waals surface area contributed by atoms with Crippen molar-refractivity contribution in [3.05, 3.63) is 24.3 Å². The second kappa shape index (κ2) is 8.57. The smallest absolute Gasteiger partial charge is 0.257 e. The van der Waals surface area contributed by atoms with E-state index >= 15 is 0 Å². The van der Waals surface area contributed by atoms with E-state index in [0.717, 1.165) is 26.1 Å². The number of likely N-dealkylation sites (N-methyl/N-ethyl adjacent to an activating group) is 1. The van der Waals surface area contributed by atoms with E-state index in [0.29, 0.717) is 31.7 Å². The van der Waals surface area contributed by atoms with Crippen LogP contribution in [0.4, 0.5) is 0 Å². The summed E-state index contributed by atoms with van der Waals surface area (Å²) < 4.78 is 0. The molecule has 1 aromatic rings. The highest BCUT2D eigenvalue weighted by Gasteiger charge is 2.22. The molecule has 0 atom stereocenters. The minimum atomic E-state index is -0.0393. The fraction of sp³-hybridized carbons (Fsp3) is 0.625. The number of rotatable bonds is 5. The van der Waals surface area contributed by atoms with Crippen molar-refractivity contribution in [2.24, 2.45) is 0 Å². The number of aromatic nitrogens is 2. The molecular formula is C16H25N5O2. The zero-order chi connectivity index (χ0) is 16.7. The molecule has 1 aliphatic heterocycles. The van der Waals surface area contributed by atoms with Crippen LogP contribution in [-0.2, 0) is 4.79 Å². The third kappa shape index (κ3) is 4.72. The van der Waals surface area contributed by atoms with Crippen LogP contribution in [-0.4, -0.2) is 82.3 Å². The van der Waals surface area contributed by atoms with Crippen LogP contribution in [0.15, 0.2) is 18.7 Å². The third-order valence-electron chi connectivity index (χ3n) is 4.16. The molecular weight excluding hydrogens is 294 g/mol. The monoisotopic (exact) mass is 319 g/mol. The Morgan fingerprint density at radius 3 is 2.43 bits per heavy atom. The van der Waals surface area contributed by atoms with Crippen molar-refractivity contribution in [2.45, 2.75) is 20.3 Å². The molecule has 1 saturated heterocycles. The van der Waals surface area contributed by atoms with Gasteiger partial charge in [-0.2, -0.15) is 0 Å². The summed E-state index contributed by atoms with van der Waals surface area (Å²) in [4.78, 5) is 38.2. The summed E-state index contributed by atoms with van der Waals surface area (Å²) in [5, 5.41) is 0. The Morgan fingerprint density at radius 1 is 1.09 bits per heavy atom. The number of carbonyl (C=O) groups is 2. The van der Waals surface area contributed by atoms with Gasteiger partial charge in [0.15, 0.2) is 0 Å². The second-order valence-corrected chi connectivity index (χ2v) is 5.62. The van der Waals surface area contributed by atoms with E-state index in [9.17, 15) is 9.59 Å². The fourth-order valence-electron chi connectivity index (χ4n) is 2.79. The Kier molecular flexibility index (Phi) is 6.46. The van der Waals surface area contributed by atoms with Gasteiger partial charge in [-0.25, -0.2) is 9.97 Å². The fourth-order valence-corrected chi connectivity index (χ4v) is 2.79. The number of nitrogens with zero attached hydrogens (tertiary/aromatic N) is 5. The molecule has 2 heterocycles. The van der Waals surface area contributed by atoms with E-state index in [4.69, 9.17) is 0 Å². The van der Waals surface area contributed by atoms with Crippen molar-refractivity contribution in [1.29, 1.82) is 0 Å². The first-order valence-corrected chi connectivity index (χ1v) is 8.20. The van der Waals surface area contributed by atoms with Gasteiger partial charge in [-0.3, -0.25) is 14.5 Å². The molecule has 2 rings (SSSR count). The summed E-state index contributed by atoms with van der Waals surface area (Å²) in [5.41, 5.74) is 0.514. The molecule has 126 valence electrons. The standard InChI is InChI=1S/C16H25N5O2/c1-3-20(4-2)15(22)12-19-6-5-7-21(9-8-19)16(23)14-10-17-13-18-11-14/h10-11,13H,3-9,12H2,1-2H3. The summed E-state index contributed by atoms with van der Waals surface area (Å²) in [6.45, 7) is 8.76. The maximum atomic E-state index is 12.4. The molecule has 2 amide bonds. The average molecular weight is 319 g/mol. The molecule has 0 N–H and O–H groups in total. The molecule has 7 heteroatoms. The van der Waals surface area contributed by atoms with Crippen LogP contribution in [0.3, 0.4) is 0 Å². The summed E-state index contributed by atoms with van der Waals surface area (Å²) in [5.74, 6) is 0.119. The molecule has 1 fully saturated rings. The van der Waals surface area contributed by atoms with Crippen molar-refractivity contribution >= 4 is 11.8 Å². The van der Waals surface area contributed by atoms with Crippen LogP contribution in [0.1, 0.15) is 30.6 Å². The highest BCUT2D eigenvalue weighted by Crippen LogP contribution is 2.08. The molecule has 0 bridgehead atoms. The first-order valence-electron chi connectivity index (χ1n) is 8.20. The number of hydrogen-bond donors (Lipinski definition) is 0. The van der Waals surface area contributed by atoms with E-state index in [1.54, 1.807) is 12.4 Å². The van der Waals surface area contributed by atoms with Gasteiger partial charge in [0.1, 0.15) is 6.33 Å². The van der Waals surface area contributed by atoms with Gasteiger partial charge in [-0.05, 0) is 20.3 Å². The minimum Gasteiger partial charge on any atom is -0.342 e. The van der Waals surface area contributed by atoms with Crippen LogP contribution in [0.5, 0.6) is 0 Å². The van der Waals surface area contributed by atoms with Crippen LogP contribution in [0, 0.1) is 0 Å². The molecule has 0 saturated carbocycles. The lowest BCUT2D eigenvalue weighted by molar-refractivity contribution is -0.132. The lowest BCUT2D eigenvalue weighted by Gasteiger charge is -2.25. The van der Waals surface area contributed by atoms with Crippen molar-refractivity contribution in [3.63, 3.8) is 0 Å². The topological polar surface area (TPSA) is 69.6 Å². The largest absolute Gasteiger partial charge is 0.342 e. The SMILES string of the molecule is CCN(CC)C(=O)CN1CCCN(C(=O)c2cncnc2)CC1. The van der Waals surface area contributed by atoms with Crippen LogP contribution in [0.2, 0.25) is 0 Å². The molecule has 0 aliphatic carbocycles. The van der Waals surface area contributed by atoms with Crippen molar-refractivity contribution in [3.8, 4) is 0 Å². The van der Waals surface area contributed by atoms with E-state index in [2.05, 4.69) is 14.9 Å². The van der Waals surface area contributed by atoms with Crippen molar-refractivity contribution in [2.75, 3.05) is 45.8 Å². The van der Waals surface area contributed by atoms with E-state index < -0.39 is 0 Å². The molecule has 0 radical (unpaired) electrons. The Bertz CT molecular complexity index is 518. The first kappa shape index (κ1) is 17.3. The molecule has 23 heavy (non-hydrogen) atoms. The Morgan fingerprint density at radius 2 is 1.78 bits per heavy atom. The molecule has 1 aliphatic rings. The van der Waals surface area contributed by atoms with E-state index in [1.807, 2.05) is 23.6 Å². The lowest BCUT2D eigenvalue weighted by atomic mass is 10.3. The highest BCUT2D eigenvalue weighted by molar-refractivity contribution is 5.93. The van der Waals surface area contributed by atoms with Gasteiger partial charge in [-0.15, -0.1) is 0 Å². The van der Waals surface area contributed by atoms with Crippen LogP contribution in [0.25, 0.3) is 0 Å². The molecule has 7 nitrogen and oxygen atoms in total. The highest BCUT2D eigenvalue weighted by atomic mass is 16.2. The second-order valence-electron chi connectivity index (χ2n) is 5.62. The summed E-state index contributed by atoms with van der Waals surface area (Å²) >= 11 is 0. The summed E-state index contributed by atoms with van der Waals surface area (Å²) in [6.07, 6.45) is 5.37. The van der Waals surface area contributed by atoms with Gasteiger partial charge in [0, 0.05) is 51.7 Å². The molecule has 0 unspecified atom stereocenters. The number of amides is 2. The number of hydrogen-bond acceptors (Lipinski definition) is 5. The maximum absolute atomic E-state index is 12.4. The minimum absolute atomic E-state index is 0.0393. The number of carbonyl (C=O) groups excluding carboxylic acids is 2. The van der Waals surface area contributed by atoms with Gasteiger partial charge in [0.25, 0.3) is 5.91 Å². The van der Waals surface area contributed by atoms with Gasteiger partial charge >= 0.3 is 0 Å². The van der Waals surface area contributed by atoms with Crippen LogP contribution < -0.4 is 0 Å². The van der Waals surface area contributed by atoms with Gasteiger partial charge in [0.2, 0.25) is 5.91 Å². The average Bonchev–Trinajstić information content (AvgIpc) is 2.82. The Labute approximate surface area is 137 Å². The van der Waals surface area contributed by atoms with Gasteiger partial charge in [0.05, 0.1) is 12.1 Å². The predicted octanol–water partition coefficient (Wildman–Crippen LogP) is 0.493. The van der Waals surface area contributed by atoms with Gasteiger partial charge < -0.3 is 9.80 Å². The van der Waals surface area contributed by atoms with Gasteiger partial charge in [-0.1, -0.05) is 0 Å². The quantitative estimate of drug-likeness (QED) is 0.790.